The third kappa shape index (κ3) is 4.55. The number of nitrogens with one attached hydrogen (secondary N) is 1. The van der Waals surface area contributed by atoms with E-state index in [4.69, 9.17) is 28.3 Å². The van der Waals surface area contributed by atoms with Crippen molar-refractivity contribution >= 4 is 46.4 Å². The summed E-state index contributed by atoms with van der Waals surface area (Å²) >= 11 is 12.3. The monoisotopic (exact) mass is 335 g/mol. The molecule has 1 aromatic heterocycles. The van der Waals surface area contributed by atoms with Crippen LogP contribution in [0.4, 0.5) is 13.2 Å². The van der Waals surface area contributed by atoms with E-state index in [-0.39, 0.29) is 20.7 Å². The average molecular weight is 336 g/mol. The number of halogens is 5. The maximum atomic E-state index is 12.0. The standard InChI is InChI=1S/C9H6Cl2F3NO3S/c10-5-2-3(6(11)19-5)1-4(7(16)17)15-8(18)9(12,13)14/h2,4H,1H2,(H,15,18)(H,16,17). The van der Waals surface area contributed by atoms with Crippen LogP contribution in [-0.4, -0.2) is 29.2 Å². The lowest BCUT2D eigenvalue weighted by Gasteiger charge is -2.15. The van der Waals surface area contributed by atoms with Crippen molar-refractivity contribution in [3.8, 4) is 0 Å². The molecule has 2 N–H and O–H groups in total. The lowest BCUT2D eigenvalue weighted by Crippen LogP contribution is -2.47. The van der Waals surface area contributed by atoms with Gasteiger partial charge < -0.3 is 10.4 Å². The molecule has 1 atom stereocenters. The number of amides is 1. The van der Waals surface area contributed by atoms with Gasteiger partial charge in [0.2, 0.25) is 0 Å². The highest BCUT2D eigenvalue weighted by molar-refractivity contribution is 7.20. The number of carboxylic acids is 1. The first kappa shape index (κ1) is 16.1. The van der Waals surface area contributed by atoms with E-state index in [1.54, 1.807) is 0 Å². The normalized spacial score (nSPS) is 13.1. The van der Waals surface area contributed by atoms with Crippen LogP contribution in [-0.2, 0) is 16.0 Å². The van der Waals surface area contributed by atoms with E-state index < -0.39 is 24.1 Å². The minimum Gasteiger partial charge on any atom is -0.480 e. The number of aliphatic carboxylic acids is 1. The second kappa shape index (κ2) is 5.98. The zero-order chi connectivity index (χ0) is 14.8. The number of hydrogen-bond donors (Lipinski definition) is 2. The summed E-state index contributed by atoms with van der Waals surface area (Å²) in [6.07, 6.45) is -5.54. The second-order valence-electron chi connectivity index (χ2n) is 3.42. The third-order valence-electron chi connectivity index (χ3n) is 2.01. The lowest BCUT2D eigenvalue weighted by atomic mass is 10.1. The molecule has 1 unspecified atom stereocenters. The van der Waals surface area contributed by atoms with Crippen molar-refractivity contribution in [1.29, 1.82) is 0 Å². The van der Waals surface area contributed by atoms with Gasteiger partial charge in [0, 0.05) is 6.42 Å². The Morgan fingerprint density at radius 3 is 2.37 bits per heavy atom. The number of hydrogen-bond acceptors (Lipinski definition) is 3. The van der Waals surface area contributed by atoms with Crippen molar-refractivity contribution in [3.63, 3.8) is 0 Å². The Labute approximate surface area is 119 Å². The van der Waals surface area contributed by atoms with Gasteiger partial charge in [0.1, 0.15) is 6.04 Å². The topological polar surface area (TPSA) is 66.4 Å². The van der Waals surface area contributed by atoms with Gasteiger partial charge in [-0.2, -0.15) is 13.2 Å². The molecule has 0 spiro atoms. The molecular formula is C9H6Cl2F3NO3S. The highest BCUT2D eigenvalue weighted by Gasteiger charge is 2.41. The highest BCUT2D eigenvalue weighted by Crippen LogP contribution is 2.32. The number of thiophene rings is 1. The zero-order valence-electron chi connectivity index (χ0n) is 8.92. The van der Waals surface area contributed by atoms with Crippen LogP contribution < -0.4 is 5.32 Å². The molecule has 10 heteroatoms. The minimum atomic E-state index is -5.15. The van der Waals surface area contributed by atoms with Gasteiger partial charge in [-0.15, -0.1) is 11.3 Å². The van der Waals surface area contributed by atoms with Crippen LogP contribution in [0.3, 0.4) is 0 Å². The molecule has 0 aliphatic rings. The molecule has 19 heavy (non-hydrogen) atoms. The molecule has 0 aliphatic heterocycles. The fraction of sp³-hybridized carbons (Fsp3) is 0.333. The smallest absolute Gasteiger partial charge is 0.471 e. The summed E-state index contributed by atoms with van der Waals surface area (Å²) in [5.74, 6) is -3.92. The maximum Gasteiger partial charge on any atom is 0.471 e. The van der Waals surface area contributed by atoms with Crippen LogP contribution in [0.25, 0.3) is 0 Å². The predicted octanol–water partition coefficient (Wildman–Crippen LogP) is 2.73. The van der Waals surface area contributed by atoms with Crippen molar-refractivity contribution < 1.29 is 27.9 Å². The van der Waals surface area contributed by atoms with E-state index in [9.17, 15) is 22.8 Å². The van der Waals surface area contributed by atoms with E-state index in [0.29, 0.717) is 0 Å². The molecule has 0 saturated heterocycles. The first-order valence-electron chi connectivity index (χ1n) is 4.65. The molecule has 106 valence electrons. The van der Waals surface area contributed by atoms with Crippen molar-refractivity contribution in [2.24, 2.45) is 0 Å². The lowest BCUT2D eigenvalue weighted by molar-refractivity contribution is -0.175. The predicted molar refractivity (Wildman–Crippen MR) is 63.7 cm³/mol. The summed E-state index contributed by atoms with van der Waals surface area (Å²) in [6.45, 7) is 0. The van der Waals surface area contributed by atoms with E-state index >= 15 is 0 Å². The molecule has 0 aliphatic carbocycles. The van der Waals surface area contributed by atoms with Crippen LogP contribution >= 0.6 is 34.5 Å². The van der Waals surface area contributed by atoms with Crippen LogP contribution in [0.15, 0.2) is 6.07 Å². The third-order valence-corrected chi connectivity index (χ3v) is 3.58. The Kier molecular flexibility index (Phi) is 5.05. The number of carbonyl (C=O) groups is 2. The molecule has 0 aromatic carbocycles. The second-order valence-corrected chi connectivity index (χ2v) is 5.70. The number of carboxylic acid groups (broad SMARTS) is 1. The molecule has 1 aromatic rings. The first-order valence-corrected chi connectivity index (χ1v) is 6.22. The molecule has 0 fully saturated rings. The van der Waals surface area contributed by atoms with Crippen molar-refractivity contribution in [2.75, 3.05) is 0 Å². The van der Waals surface area contributed by atoms with Gasteiger partial charge in [-0.1, -0.05) is 23.2 Å². The molecule has 1 amide bonds. The minimum absolute atomic E-state index is 0.164. The molecular weight excluding hydrogens is 330 g/mol. The van der Waals surface area contributed by atoms with Crippen LogP contribution in [0.1, 0.15) is 5.56 Å². The molecule has 1 rings (SSSR count). The van der Waals surface area contributed by atoms with E-state index in [1.807, 2.05) is 0 Å². The van der Waals surface area contributed by atoms with Crippen LogP contribution in [0.5, 0.6) is 0 Å². The summed E-state index contributed by atoms with van der Waals surface area (Å²) in [7, 11) is 0. The summed E-state index contributed by atoms with van der Waals surface area (Å²) in [5.41, 5.74) is 0.256. The average Bonchev–Trinajstić information content (AvgIpc) is 2.54. The van der Waals surface area contributed by atoms with E-state index in [2.05, 4.69) is 0 Å². The van der Waals surface area contributed by atoms with Gasteiger partial charge in [-0.05, 0) is 11.6 Å². The zero-order valence-corrected chi connectivity index (χ0v) is 11.3. The fourth-order valence-corrected chi connectivity index (χ4v) is 2.68. The molecule has 0 radical (unpaired) electrons. The largest absolute Gasteiger partial charge is 0.480 e. The van der Waals surface area contributed by atoms with Gasteiger partial charge >= 0.3 is 18.1 Å². The van der Waals surface area contributed by atoms with E-state index in [1.165, 1.54) is 11.4 Å². The molecule has 4 nitrogen and oxygen atoms in total. The number of carbonyl (C=O) groups excluding carboxylic acids is 1. The molecule has 0 bridgehead atoms. The van der Waals surface area contributed by atoms with Crippen molar-refractivity contribution in [1.82, 2.24) is 5.32 Å². The SMILES string of the molecule is O=C(O)C(Cc1cc(Cl)sc1Cl)NC(=O)C(F)(F)F. The number of rotatable bonds is 4. The Morgan fingerprint density at radius 1 is 1.42 bits per heavy atom. The van der Waals surface area contributed by atoms with Gasteiger partial charge in [0.05, 0.1) is 8.67 Å². The van der Waals surface area contributed by atoms with Crippen molar-refractivity contribution in [3.05, 3.63) is 20.3 Å². The molecule has 0 saturated carbocycles. The Hall–Kier alpha value is -0.990. The Bertz CT molecular complexity index is 503. The Morgan fingerprint density at radius 2 is 2.00 bits per heavy atom. The fourth-order valence-electron chi connectivity index (χ4n) is 1.17. The van der Waals surface area contributed by atoms with Crippen LogP contribution in [0, 0.1) is 0 Å². The Balaban J connectivity index is 2.83. The first-order chi connectivity index (χ1) is 8.61. The summed E-state index contributed by atoms with van der Waals surface area (Å²) < 4.78 is 36.6. The van der Waals surface area contributed by atoms with Crippen molar-refractivity contribution in [2.45, 2.75) is 18.6 Å². The van der Waals surface area contributed by atoms with E-state index in [0.717, 1.165) is 11.3 Å². The quantitative estimate of drug-likeness (QED) is 0.889. The van der Waals surface area contributed by atoms with Gasteiger partial charge in [-0.25, -0.2) is 4.79 Å². The highest BCUT2D eigenvalue weighted by atomic mass is 35.5. The van der Waals surface area contributed by atoms with Crippen LogP contribution in [0.2, 0.25) is 8.67 Å². The van der Waals surface area contributed by atoms with Gasteiger partial charge in [-0.3, -0.25) is 4.79 Å². The number of alkyl halides is 3. The van der Waals surface area contributed by atoms with Gasteiger partial charge in [0.25, 0.3) is 0 Å². The summed E-state index contributed by atoms with van der Waals surface area (Å²) in [5, 5.41) is 10.2. The molecule has 1 heterocycles. The maximum absolute atomic E-state index is 12.0. The summed E-state index contributed by atoms with van der Waals surface area (Å²) in [6, 6.07) is -0.401. The summed E-state index contributed by atoms with van der Waals surface area (Å²) in [4.78, 5) is 21.5. The van der Waals surface area contributed by atoms with Gasteiger partial charge in [0.15, 0.2) is 0 Å².